The summed E-state index contributed by atoms with van der Waals surface area (Å²) >= 11 is 0.996. The minimum atomic E-state index is -1.00. The third kappa shape index (κ3) is 5.03. The summed E-state index contributed by atoms with van der Waals surface area (Å²) < 4.78 is 0. The molecule has 1 rings (SSSR count). The van der Waals surface area contributed by atoms with Gasteiger partial charge in [-0.25, -0.2) is 4.79 Å². The van der Waals surface area contributed by atoms with Crippen LogP contribution in [0.25, 0.3) is 0 Å². The van der Waals surface area contributed by atoms with Crippen LogP contribution in [0, 0.1) is 5.41 Å². The Balaban J connectivity index is 2.75. The largest absolute Gasteiger partial charge is 0.477 e. The van der Waals surface area contributed by atoms with Gasteiger partial charge in [0.05, 0.1) is 4.88 Å². The van der Waals surface area contributed by atoms with Crippen LogP contribution in [0.3, 0.4) is 0 Å². The molecule has 106 valence electrons. The quantitative estimate of drug-likeness (QED) is 0.890. The Labute approximate surface area is 117 Å². The maximum atomic E-state index is 12.1. The number of nitrogens with one attached hydrogen (secondary N) is 1. The van der Waals surface area contributed by atoms with Gasteiger partial charge in [-0.05, 0) is 37.8 Å². The Morgan fingerprint density at radius 2 is 1.68 bits per heavy atom. The molecule has 0 aromatic carbocycles. The summed E-state index contributed by atoms with van der Waals surface area (Å²) in [5.74, 6) is -1.22. The average molecular weight is 283 g/mol. The van der Waals surface area contributed by atoms with E-state index in [4.69, 9.17) is 5.11 Å². The maximum absolute atomic E-state index is 12.1. The van der Waals surface area contributed by atoms with E-state index in [-0.39, 0.29) is 21.7 Å². The van der Waals surface area contributed by atoms with Gasteiger partial charge in [-0.1, -0.05) is 20.8 Å². The normalized spacial score (nSPS) is 12.3. The number of aromatic carboxylic acids is 1. The lowest BCUT2D eigenvalue weighted by atomic mass is 9.82. The first-order valence-corrected chi connectivity index (χ1v) is 6.97. The minimum Gasteiger partial charge on any atom is -0.477 e. The number of hydrogen-bond acceptors (Lipinski definition) is 3. The molecule has 1 heterocycles. The number of carbonyl (C=O) groups excluding carboxylic acids is 1. The van der Waals surface area contributed by atoms with E-state index in [0.717, 1.165) is 17.8 Å². The van der Waals surface area contributed by atoms with E-state index in [9.17, 15) is 9.59 Å². The molecule has 1 aromatic rings. The van der Waals surface area contributed by atoms with Crippen LogP contribution in [-0.4, -0.2) is 22.5 Å². The summed E-state index contributed by atoms with van der Waals surface area (Å²) in [6.45, 7) is 10.3. The highest BCUT2D eigenvalue weighted by Crippen LogP contribution is 2.27. The van der Waals surface area contributed by atoms with Crippen LogP contribution in [0.1, 0.15) is 60.4 Å². The van der Waals surface area contributed by atoms with Gasteiger partial charge in [0.1, 0.15) is 4.88 Å². The summed E-state index contributed by atoms with van der Waals surface area (Å²) in [6, 6.07) is 3.01. The molecular weight excluding hydrogens is 262 g/mol. The van der Waals surface area contributed by atoms with Crippen molar-refractivity contribution in [2.75, 3.05) is 0 Å². The minimum absolute atomic E-state index is 0.110. The summed E-state index contributed by atoms with van der Waals surface area (Å²) in [5.41, 5.74) is -0.221. The van der Waals surface area contributed by atoms with E-state index >= 15 is 0 Å². The fraction of sp³-hybridized carbons (Fsp3) is 0.571. The Hall–Kier alpha value is -1.36. The van der Waals surface area contributed by atoms with Gasteiger partial charge in [0.2, 0.25) is 0 Å². The lowest BCUT2D eigenvalue weighted by molar-refractivity contribution is 0.0701. The topological polar surface area (TPSA) is 66.4 Å². The molecule has 0 saturated carbocycles. The third-order valence-corrected chi connectivity index (χ3v) is 3.54. The monoisotopic (exact) mass is 283 g/mol. The van der Waals surface area contributed by atoms with Gasteiger partial charge < -0.3 is 10.4 Å². The van der Waals surface area contributed by atoms with Crippen molar-refractivity contribution in [1.29, 1.82) is 0 Å². The highest BCUT2D eigenvalue weighted by atomic mass is 32.1. The van der Waals surface area contributed by atoms with E-state index in [1.54, 1.807) is 6.07 Å². The second-order valence-corrected chi connectivity index (χ2v) is 7.63. The molecule has 0 fully saturated rings. The van der Waals surface area contributed by atoms with E-state index < -0.39 is 5.97 Å². The molecule has 19 heavy (non-hydrogen) atoms. The summed E-state index contributed by atoms with van der Waals surface area (Å²) in [4.78, 5) is 23.5. The zero-order chi connectivity index (χ0) is 14.8. The van der Waals surface area contributed by atoms with Gasteiger partial charge >= 0.3 is 5.97 Å². The second kappa shape index (κ2) is 5.33. The molecule has 0 atom stereocenters. The zero-order valence-electron chi connectivity index (χ0n) is 12.0. The highest BCUT2D eigenvalue weighted by molar-refractivity contribution is 7.15. The molecule has 2 N–H and O–H groups in total. The predicted molar refractivity (Wildman–Crippen MR) is 76.9 cm³/mol. The summed E-state index contributed by atoms with van der Waals surface area (Å²) in [6.07, 6.45) is 0.836. The van der Waals surface area contributed by atoms with Gasteiger partial charge in [0.15, 0.2) is 0 Å². The lowest BCUT2D eigenvalue weighted by Gasteiger charge is -2.33. The average Bonchev–Trinajstić information content (AvgIpc) is 2.60. The number of carbonyl (C=O) groups is 2. The van der Waals surface area contributed by atoms with Crippen molar-refractivity contribution < 1.29 is 14.7 Å². The van der Waals surface area contributed by atoms with Crippen LogP contribution in [0.2, 0.25) is 0 Å². The Kier molecular flexibility index (Phi) is 4.40. The van der Waals surface area contributed by atoms with Crippen molar-refractivity contribution >= 4 is 23.2 Å². The molecular formula is C14H21NO3S. The molecule has 0 radical (unpaired) electrons. The van der Waals surface area contributed by atoms with Crippen LogP contribution in [0.5, 0.6) is 0 Å². The van der Waals surface area contributed by atoms with E-state index in [2.05, 4.69) is 26.1 Å². The van der Waals surface area contributed by atoms with Gasteiger partial charge in [0, 0.05) is 5.54 Å². The molecule has 4 nitrogen and oxygen atoms in total. The SMILES string of the molecule is CC(C)(C)CC(C)(C)NC(=O)c1ccc(C(=O)O)s1. The van der Waals surface area contributed by atoms with E-state index in [0.29, 0.717) is 4.88 Å². The lowest BCUT2D eigenvalue weighted by Crippen LogP contribution is -2.45. The maximum Gasteiger partial charge on any atom is 0.345 e. The first kappa shape index (κ1) is 15.7. The van der Waals surface area contributed by atoms with Crippen LogP contribution in [-0.2, 0) is 0 Å². The first-order valence-electron chi connectivity index (χ1n) is 6.16. The smallest absolute Gasteiger partial charge is 0.345 e. The van der Waals surface area contributed by atoms with E-state index in [1.807, 2.05) is 13.8 Å². The number of carboxylic acid groups (broad SMARTS) is 1. The number of rotatable bonds is 4. The molecule has 0 aliphatic heterocycles. The molecule has 5 heteroatoms. The van der Waals surface area contributed by atoms with Crippen molar-refractivity contribution in [3.63, 3.8) is 0 Å². The number of thiophene rings is 1. The Morgan fingerprint density at radius 3 is 2.11 bits per heavy atom. The molecule has 0 aliphatic rings. The van der Waals surface area contributed by atoms with Crippen LogP contribution < -0.4 is 5.32 Å². The van der Waals surface area contributed by atoms with Gasteiger partial charge in [-0.3, -0.25) is 4.79 Å². The van der Waals surface area contributed by atoms with E-state index in [1.165, 1.54) is 6.07 Å². The number of carboxylic acids is 1. The second-order valence-electron chi connectivity index (χ2n) is 6.54. The van der Waals surface area contributed by atoms with Gasteiger partial charge in [-0.15, -0.1) is 11.3 Å². The summed E-state index contributed by atoms with van der Waals surface area (Å²) in [5, 5.41) is 11.8. The molecule has 0 unspecified atom stereocenters. The standard InChI is InChI=1S/C14H21NO3S/c1-13(2,3)8-14(4,5)15-11(16)9-6-7-10(19-9)12(17)18/h6-7H,8H2,1-5H3,(H,15,16)(H,17,18). The predicted octanol–water partition coefficient (Wildman–Crippen LogP) is 3.39. The highest BCUT2D eigenvalue weighted by Gasteiger charge is 2.27. The van der Waals surface area contributed by atoms with Gasteiger partial charge in [0.25, 0.3) is 5.91 Å². The fourth-order valence-corrected chi connectivity index (χ4v) is 3.05. The molecule has 0 aliphatic carbocycles. The van der Waals surface area contributed by atoms with Crippen molar-refractivity contribution in [1.82, 2.24) is 5.32 Å². The Bertz CT molecular complexity index is 483. The summed E-state index contributed by atoms with van der Waals surface area (Å²) in [7, 11) is 0. The molecule has 1 aromatic heterocycles. The van der Waals surface area contributed by atoms with Crippen molar-refractivity contribution in [2.45, 2.75) is 46.6 Å². The van der Waals surface area contributed by atoms with Crippen LogP contribution in [0.4, 0.5) is 0 Å². The van der Waals surface area contributed by atoms with Crippen molar-refractivity contribution in [3.05, 3.63) is 21.9 Å². The third-order valence-electron chi connectivity index (χ3n) is 2.46. The van der Waals surface area contributed by atoms with Crippen LogP contribution in [0.15, 0.2) is 12.1 Å². The Morgan fingerprint density at radius 1 is 1.16 bits per heavy atom. The first-order chi connectivity index (χ1) is 8.50. The molecule has 0 saturated heterocycles. The number of amides is 1. The van der Waals surface area contributed by atoms with Crippen molar-refractivity contribution in [2.24, 2.45) is 5.41 Å². The zero-order valence-corrected chi connectivity index (χ0v) is 12.9. The van der Waals surface area contributed by atoms with Crippen LogP contribution >= 0.6 is 11.3 Å². The fourth-order valence-electron chi connectivity index (χ4n) is 2.31. The van der Waals surface area contributed by atoms with Gasteiger partial charge in [-0.2, -0.15) is 0 Å². The number of hydrogen-bond donors (Lipinski definition) is 2. The van der Waals surface area contributed by atoms with Crippen molar-refractivity contribution in [3.8, 4) is 0 Å². The molecule has 1 amide bonds. The molecule has 0 spiro atoms. The molecule has 0 bridgehead atoms.